The highest BCUT2D eigenvalue weighted by Crippen LogP contribution is 2.10. The average molecular weight is 284 g/mol. The van der Waals surface area contributed by atoms with Crippen molar-refractivity contribution >= 4 is 17.5 Å². The Bertz CT molecular complexity index is 412. The van der Waals surface area contributed by atoms with Crippen LogP contribution in [0.3, 0.4) is 0 Å². The van der Waals surface area contributed by atoms with Crippen molar-refractivity contribution in [1.82, 2.24) is 15.2 Å². The molecule has 1 aromatic heterocycles. The summed E-state index contributed by atoms with van der Waals surface area (Å²) in [5, 5.41) is 3.33. The quantitative estimate of drug-likeness (QED) is 0.816. The van der Waals surface area contributed by atoms with Crippen molar-refractivity contribution in [2.24, 2.45) is 0 Å². The topological polar surface area (TPSA) is 45.2 Å². The molecule has 0 saturated carbocycles. The van der Waals surface area contributed by atoms with E-state index in [1.165, 1.54) is 0 Å². The van der Waals surface area contributed by atoms with E-state index in [9.17, 15) is 4.79 Å². The molecule has 1 N–H and O–H groups in total. The molecule has 4 nitrogen and oxygen atoms in total. The Morgan fingerprint density at radius 2 is 2.05 bits per heavy atom. The average Bonchev–Trinajstić information content (AvgIpc) is 2.34. The molecule has 0 saturated heterocycles. The van der Waals surface area contributed by atoms with Gasteiger partial charge in [-0.3, -0.25) is 4.79 Å². The van der Waals surface area contributed by atoms with E-state index in [-0.39, 0.29) is 11.9 Å². The number of pyridine rings is 1. The Morgan fingerprint density at radius 1 is 1.42 bits per heavy atom. The van der Waals surface area contributed by atoms with E-state index in [0.29, 0.717) is 10.7 Å². The van der Waals surface area contributed by atoms with Crippen molar-refractivity contribution in [3.8, 4) is 0 Å². The maximum absolute atomic E-state index is 12.1. The molecule has 0 aliphatic heterocycles. The van der Waals surface area contributed by atoms with Crippen LogP contribution in [0.2, 0.25) is 5.15 Å². The molecule has 0 spiro atoms. The van der Waals surface area contributed by atoms with Gasteiger partial charge in [0.1, 0.15) is 5.15 Å². The third kappa shape index (κ3) is 5.17. The molecular formula is C14H22ClN3O. The lowest BCUT2D eigenvalue weighted by molar-refractivity contribution is 0.0930. The fourth-order valence-corrected chi connectivity index (χ4v) is 2.23. The summed E-state index contributed by atoms with van der Waals surface area (Å²) in [6, 6.07) is 3.43. The predicted octanol–water partition coefficient (Wildman–Crippen LogP) is 2.50. The summed E-state index contributed by atoms with van der Waals surface area (Å²) in [4.78, 5) is 18.4. The first-order chi connectivity index (χ1) is 8.96. The van der Waals surface area contributed by atoms with Crippen LogP contribution >= 0.6 is 11.6 Å². The lowest BCUT2D eigenvalue weighted by Crippen LogP contribution is -2.42. The van der Waals surface area contributed by atoms with Crippen LogP contribution in [0.4, 0.5) is 0 Å². The standard InChI is InChI=1S/C14H22ClN3O/c1-5-18(6-2)9-11(4)17-14(19)12-7-10(3)16-13(15)8-12/h7-8,11H,5-6,9H2,1-4H3,(H,17,19). The molecule has 0 fully saturated rings. The summed E-state index contributed by atoms with van der Waals surface area (Å²) < 4.78 is 0. The van der Waals surface area contributed by atoms with Gasteiger partial charge in [0.15, 0.2) is 0 Å². The van der Waals surface area contributed by atoms with Crippen LogP contribution in [0.15, 0.2) is 12.1 Å². The maximum Gasteiger partial charge on any atom is 0.251 e. The first kappa shape index (κ1) is 15.9. The molecule has 106 valence electrons. The predicted molar refractivity (Wildman–Crippen MR) is 78.7 cm³/mol. The normalized spacial score (nSPS) is 12.5. The van der Waals surface area contributed by atoms with Gasteiger partial charge in [0.2, 0.25) is 0 Å². The number of likely N-dealkylation sites (N-methyl/N-ethyl adjacent to an activating group) is 1. The monoisotopic (exact) mass is 283 g/mol. The molecule has 1 amide bonds. The van der Waals surface area contributed by atoms with E-state index in [2.05, 4.69) is 29.0 Å². The van der Waals surface area contributed by atoms with Gasteiger partial charge in [-0.15, -0.1) is 0 Å². The molecule has 0 aromatic carbocycles. The number of carbonyl (C=O) groups excluding carboxylic acids is 1. The summed E-state index contributed by atoms with van der Waals surface area (Å²) in [7, 11) is 0. The van der Waals surface area contributed by atoms with Crippen molar-refractivity contribution in [3.05, 3.63) is 28.5 Å². The molecule has 5 heteroatoms. The number of nitrogens with zero attached hydrogens (tertiary/aromatic N) is 2. The number of amides is 1. The van der Waals surface area contributed by atoms with Crippen molar-refractivity contribution in [3.63, 3.8) is 0 Å². The van der Waals surface area contributed by atoms with E-state index >= 15 is 0 Å². The Morgan fingerprint density at radius 3 is 2.58 bits per heavy atom. The molecule has 19 heavy (non-hydrogen) atoms. The van der Waals surface area contributed by atoms with Gasteiger partial charge in [-0.1, -0.05) is 25.4 Å². The van der Waals surface area contributed by atoms with Crippen LogP contribution in [0, 0.1) is 6.92 Å². The molecule has 1 atom stereocenters. The van der Waals surface area contributed by atoms with Gasteiger partial charge in [0.25, 0.3) is 5.91 Å². The molecule has 1 unspecified atom stereocenters. The van der Waals surface area contributed by atoms with Crippen LogP contribution in [-0.2, 0) is 0 Å². The van der Waals surface area contributed by atoms with Gasteiger partial charge >= 0.3 is 0 Å². The first-order valence-electron chi connectivity index (χ1n) is 6.63. The van der Waals surface area contributed by atoms with Crippen LogP contribution in [-0.4, -0.2) is 41.5 Å². The first-order valence-corrected chi connectivity index (χ1v) is 7.01. The number of aryl methyl sites for hydroxylation is 1. The van der Waals surface area contributed by atoms with Crippen molar-refractivity contribution in [1.29, 1.82) is 0 Å². The van der Waals surface area contributed by atoms with Gasteiger partial charge in [-0.2, -0.15) is 0 Å². The Labute approximate surface area is 120 Å². The fourth-order valence-electron chi connectivity index (χ4n) is 1.98. The van der Waals surface area contributed by atoms with Crippen LogP contribution in [0.1, 0.15) is 36.8 Å². The fraction of sp³-hybridized carbons (Fsp3) is 0.571. The zero-order valence-electron chi connectivity index (χ0n) is 12.0. The number of aromatic nitrogens is 1. The van der Waals surface area contributed by atoms with Crippen molar-refractivity contribution < 1.29 is 4.79 Å². The van der Waals surface area contributed by atoms with Gasteiger partial charge < -0.3 is 10.2 Å². The van der Waals surface area contributed by atoms with Crippen molar-refractivity contribution in [2.45, 2.75) is 33.7 Å². The summed E-state index contributed by atoms with van der Waals surface area (Å²) in [6.45, 7) is 10.9. The lowest BCUT2D eigenvalue weighted by atomic mass is 10.2. The van der Waals surface area contributed by atoms with Crippen LogP contribution < -0.4 is 5.32 Å². The summed E-state index contributed by atoms with van der Waals surface area (Å²) >= 11 is 5.86. The summed E-state index contributed by atoms with van der Waals surface area (Å²) in [6.07, 6.45) is 0. The molecular weight excluding hydrogens is 262 g/mol. The Kier molecular flexibility index (Phi) is 6.25. The number of halogens is 1. The molecule has 1 aromatic rings. The second kappa shape index (κ2) is 7.46. The number of rotatable bonds is 6. The number of hydrogen-bond acceptors (Lipinski definition) is 3. The second-order valence-corrected chi connectivity index (χ2v) is 5.07. The van der Waals surface area contributed by atoms with E-state index < -0.39 is 0 Å². The molecule has 0 bridgehead atoms. The summed E-state index contributed by atoms with van der Waals surface area (Å²) in [5.74, 6) is -0.105. The van der Waals surface area contributed by atoms with E-state index in [1.807, 2.05) is 13.8 Å². The lowest BCUT2D eigenvalue weighted by Gasteiger charge is -2.23. The minimum atomic E-state index is -0.105. The van der Waals surface area contributed by atoms with Gasteiger partial charge in [-0.25, -0.2) is 4.98 Å². The minimum absolute atomic E-state index is 0.0969. The smallest absolute Gasteiger partial charge is 0.251 e. The summed E-state index contributed by atoms with van der Waals surface area (Å²) in [5.41, 5.74) is 1.30. The largest absolute Gasteiger partial charge is 0.348 e. The van der Waals surface area contributed by atoms with Gasteiger partial charge in [0.05, 0.1) is 0 Å². The Hall–Kier alpha value is -1.13. The molecule has 0 aliphatic rings. The van der Waals surface area contributed by atoms with E-state index in [0.717, 1.165) is 25.3 Å². The molecule has 1 rings (SSSR count). The Balaban J connectivity index is 2.63. The minimum Gasteiger partial charge on any atom is -0.348 e. The highest BCUT2D eigenvalue weighted by Gasteiger charge is 2.13. The zero-order chi connectivity index (χ0) is 14.4. The second-order valence-electron chi connectivity index (χ2n) is 4.68. The molecule has 1 heterocycles. The third-order valence-electron chi connectivity index (χ3n) is 2.99. The number of carbonyl (C=O) groups is 1. The number of hydrogen-bond donors (Lipinski definition) is 1. The van der Waals surface area contributed by atoms with Crippen molar-refractivity contribution in [2.75, 3.05) is 19.6 Å². The van der Waals surface area contributed by atoms with E-state index in [1.54, 1.807) is 12.1 Å². The van der Waals surface area contributed by atoms with Gasteiger partial charge in [-0.05, 0) is 39.1 Å². The zero-order valence-corrected chi connectivity index (χ0v) is 12.8. The number of nitrogens with one attached hydrogen (secondary N) is 1. The molecule has 0 radical (unpaired) electrons. The third-order valence-corrected chi connectivity index (χ3v) is 3.18. The van der Waals surface area contributed by atoms with Crippen LogP contribution in [0.25, 0.3) is 0 Å². The highest BCUT2D eigenvalue weighted by atomic mass is 35.5. The maximum atomic E-state index is 12.1. The van der Waals surface area contributed by atoms with E-state index in [4.69, 9.17) is 11.6 Å². The van der Waals surface area contributed by atoms with Gasteiger partial charge in [0, 0.05) is 23.8 Å². The molecule has 0 aliphatic carbocycles. The van der Waals surface area contributed by atoms with Crippen LogP contribution in [0.5, 0.6) is 0 Å². The SMILES string of the molecule is CCN(CC)CC(C)NC(=O)c1cc(C)nc(Cl)c1. The highest BCUT2D eigenvalue weighted by molar-refractivity contribution is 6.29.